The summed E-state index contributed by atoms with van der Waals surface area (Å²) in [4.78, 5) is 12.2. The van der Waals surface area contributed by atoms with Crippen LogP contribution in [0, 0.1) is 25.3 Å². The number of hydrogen-bond donors (Lipinski definition) is 1. The molecule has 0 aliphatic heterocycles. The summed E-state index contributed by atoms with van der Waals surface area (Å²) in [6.07, 6.45) is 1.99. The largest absolute Gasteiger partial charge is 0.274 e. The van der Waals surface area contributed by atoms with E-state index in [0.717, 1.165) is 4.90 Å². The van der Waals surface area contributed by atoms with Crippen molar-refractivity contribution in [3.63, 3.8) is 0 Å². The molecular weight excluding hydrogens is 220 g/mol. The third-order valence-electron chi connectivity index (χ3n) is 2.27. The van der Waals surface area contributed by atoms with Gasteiger partial charge in [0.25, 0.3) is 0 Å². The molecular formula is C12H14N2OS. The van der Waals surface area contributed by atoms with Gasteiger partial charge in [0.2, 0.25) is 5.91 Å². The van der Waals surface area contributed by atoms with Crippen molar-refractivity contribution in [3.8, 4) is 6.19 Å². The Balaban J connectivity index is 2.41. The molecule has 1 N–H and O–H groups in total. The second-order valence-electron chi connectivity index (χ2n) is 3.50. The average molecular weight is 234 g/mol. The number of hydrogen-bond acceptors (Lipinski definition) is 3. The number of aryl methyl sites for hydroxylation is 2. The Labute approximate surface area is 99.8 Å². The number of thioether (sulfide) groups is 1. The molecule has 0 atom stereocenters. The minimum absolute atomic E-state index is 0.223. The van der Waals surface area contributed by atoms with Gasteiger partial charge in [0.15, 0.2) is 6.19 Å². The maximum Gasteiger partial charge on any atom is 0.233 e. The van der Waals surface area contributed by atoms with Gasteiger partial charge in [-0.3, -0.25) is 10.1 Å². The lowest BCUT2D eigenvalue weighted by Crippen LogP contribution is -2.17. The molecule has 0 aliphatic carbocycles. The lowest BCUT2D eigenvalue weighted by Gasteiger charge is -2.04. The normalized spacial score (nSPS) is 9.56. The number of benzene rings is 1. The van der Waals surface area contributed by atoms with Crippen LogP contribution in [0.2, 0.25) is 0 Å². The van der Waals surface area contributed by atoms with Crippen molar-refractivity contribution in [3.05, 3.63) is 29.3 Å². The summed E-state index contributed by atoms with van der Waals surface area (Å²) < 4.78 is 0. The van der Waals surface area contributed by atoms with Crippen molar-refractivity contribution < 1.29 is 4.79 Å². The van der Waals surface area contributed by atoms with E-state index in [-0.39, 0.29) is 5.91 Å². The fourth-order valence-electron chi connectivity index (χ4n) is 1.19. The minimum atomic E-state index is -0.223. The second kappa shape index (κ2) is 6.19. The maximum absolute atomic E-state index is 11.0. The minimum Gasteiger partial charge on any atom is -0.274 e. The molecule has 1 aromatic rings. The number of nitrogens with one attached hydrogen (secondary N) is 1. The summed E-state index contributed by atoms with van der Waals surface area (Å²) >= 11 is 1.63. The number of nitriles is 1. The Morgan fingerprint density at radius 1 is 1.44 bits per heavy atom. The highest BCUT2D eigenvalue weighted by Crippen LogP contribution is 2.21. The van der Waals surface area contributed by atoms with E-state index in [1.807, 2.05) is 0 Å². The number of amides is 1. The molecule has 16 heavy (non-hydrogen) atoms. The van der Waals surface area contributed by atoms with E-state index >= 15 is 0 Å². The summed E-state index contributed by atoms with van der Waals surface area (Å²) in [5.41, 5.74) is 2.53. The van der Waals surface area contributed by atoms with E-state index in [1.54, 1.807) is 18.0 Å². The van der Waals surface area contributed by atoms with Crippen LogP contribution in [0.4, 0.5) is 0 Å². The maximum atomic E-state index is 11.0. The van der Waals surface area contributed by atoms with Crippen LogP contribution in [0.1, 0.15) is 17.5 Å². The molecule has 0 heterocycles. The molecule has 4 heteroatoms. The molecule has 0 unspecified atom stereocenters. The van der Waals surface area contributed by atoms with Crippen LogP contribution in [0.3, 0.4) is 0 Å². The van der Waals surface area contributed by atoms with Crippen LogP contribution < -0.4 is 5.32 Å². The molecule has 0 aromatic heterocycles. The number of carbonyl (C=O) groups excluding carboxylic acids is 1. The van der Waals surface area contributed by atoms with Gasteiger partial charge in [0.05, 0.1) is 0 Å². The molecule has 0 saturated carbocycles. The van der Waals surface area contributed by atoms with Crippen molar-refractivity contribution in [1.82, 2.24) is 5.32 Å². The number of rotatable bonds is 4. The first-order valence-corrected chi connectivity index (χ1v) is 6.00. The molecule has 3 nitrogen and oxygen atoms in total. The van der Waals surface area contributed by atoms with Crippen LogP contribution in [0.25, 0.3) is 0 Å². The van der Waals surface area contributed by atoms with Gasteiger partial charge in [0, 0.05) is 17.1 Å². The molecule has 0 spiro atoms. The van der Waals surface area contributed by atoms with Gasteiger partial charge in [-0.05, 0) is 37.1 Å². The van der Waals surface area contributed by atoms with Crippen molar-refractivity contribution >= 4 is 17.7 Å². The van der Waals surface area contributed by atoms with Gasteiger partial charge in [0.1, 0.15) is 0 Å². The molecule has 0 saturated heterocycles. The second-order valence-corrected chi connectivity index (χ2v) is 4.67. The van der Waals surface area contributed by atoms with Crippen molar-refractivity contribution in [2.24, 2.45) is 0 Å². The first-order chi connectivity index (χ1) is 7.63. The van der Waals surface area contributed by atoms with Crippen molar-refractivity contribution in [1.29, 1.82) is 5.26 Å². The Morgan fingerprint density at radius 3 is 2.81 bits per heavy atom. The molecule has 84 valence electrons. The van der Waals surface area contributed by atoms with Gasteiger partial charge >= 0.3 is 0 Å². The molecule has 0 aliphatic rings. The number of nitrogens with zero attached hydrogens (tertiary/aromatic N) is 1. The highest BCUT2D eigenvalue weighted by molar-refractivity contribution is 7.99. The predicted molar refractivity (Wildman–Crippen MR) is 65.0 cm³/mol. The molecule has 0 bridgehead atoms. The molecule has 1 rings (SSSR count). The standard InChI is InChI=1S/C12H14N2OS/c1-9-3-4-11(7-10(9)2)16-6-5-12(15)14-8-13/h3-4,7H,5-6H2,1-2H3,(H,14,15). The highest BCUT2D eigenvalue weighted by atomic mass is 32.2. The first kappa shape index (κ1) is 12.6. The Bertz CT molecular complexity index is 424. The predicted octanol–water partition coefficient (Wildman–Crippen LogP) is 2.38. The van der Waals surface area contributed by atoms with Gasteiger partial charge in [-0.15, -0.1) is 11.8 Å². The lowest BCUT2D eigenvalue weighted by molar-refractivity contribution is -0.119. The van der Waals surface area contributed by atoms with Crippen LogP contribution in [0.15, 0.2) is 23.1 Å². The average Bonchev–Trinajstić information content (AvgIpc) is 2.24. The van der Waals surface area contributed by atoms with Crippen molar-refractivity contribution in [2.75, 3.05) is 5.75 Å². The van der Waals surface area contributed by atoms with Crippen LogP contribution in [-0.2, 0) is 4.79 Å². The summed E-state index contributed by atoms with van der Waals surface area (Å²) in [5, 5.41) is 10.3. The van der Waals surface area contributed by atoms with E-state index in [1.165, 1.54) is 11.1 Å². The smallest absolute Gasteiger partial charge is 0.233 e. The summed E-state index contributed by atoms with van der Waals surface area (Å²) in [6, 6.07) is 6.24. The summed E-state index contributed by atoms with van der Waals surface area (Å²) in [7, 11) is 0. The number of carbonyl (C=O) groups is 1. The lowest BCUT2D eigenvalue weighted by atomic mass is 10.1. The third-order valence-corrected chi connectivity index (χ3v) is 3.27. The molecule has 1 aromatic carbocycles. The molecule has 1 amide bonds. The fraction of sp³-hybridized carbons (Fsp3) is 0.333. The van der Waals surface area contributed by atoms with Crippen LogP contribution in [-0.4, -0.2) is 11.7 Å². The summed E-state index contributed by atoms with van der Waals surface area (Å²) in [6.45, 7) is 4.14. The van der Waals surface area contributed by atoms with Gasteiger partial charge in [-0.25, -0.2) is 0 Å². The topological polar surface area (TPSA) is 52.9 Å². The van der Waals surface area contributed by atoms with E-state index in [0.29, 0.717) is 12.2 Å². The van der Waals surface area contributed by atoms with Gasteiger partial charge in [-0.2, -0.15) is 5.26 Å². The monoisotopic (exact) mass is 234 g/mol. The third kappa shape index (κ3) is 3.95. The fourth-order valence-corrected chi connectivity index (χ4v) is 2.14. The Kier molecular flexibility index (Phi) is 4.87. The first-order valence-electron chi connectivity index (χ1n) is 5.01. The summed E-state index contributed by atoms with van der Waals surface area (Å²) in [5.74, 6) is 0.467. The van der Waals surface area contributed by atoms with Gasteiger partial charge < -0.3 is 0 Å². The van der Waals surface area contributed by atoms with Gasteiger partial charge in [-0.1, -0.05) is 6.07 Å². The van der Waals surface area contributed by atoms with Crippen LogP contribution >= 0.6 is 11.8 Å². The highest BCUT2D eigenvalue weighted by Gasteiger charge is 2.01. The van der Waals surface area contributed by atoms with E-state index in [4.69, 9.17) is 5.26 Å². The Morgan fingerprint density at radius 2 is 2.19 bits per heavy atom. The van der Waals surface area contributed by atoms with E-state index in [2.05, 4.69) is 37.4 Å². The van der Waals surface area contributed by atoms with E-state index < -0.39 is 0 Å². The SMILES string of the molecule is Cc1ccc(SCCC(=O)NC#N)cc1C. The molecule has 0 radical (unpaired) electrons. The zero-order valence-electron chi connectivity index (χ0n) is 9.41. The zero-order valence-corrected chi connectivity index (χ0v) is 10.2. The zero-order chi connectivity index (χ0) is 12.0. The quantitative estimate of drug-likeness (QED) is 0.494. The molecule has 0 fully saturated rings. The van der Waals surface area contributed by atoms with E-state index in [9.17, 15) is 4.79 Å². The van der Waals surface area contributed by atoms with Crippen molar-refractivity contribution in [2.45, 2.75) is 25.2 Å². The Hall–Kier alpha value is -1.47. The van der Waals surface area contributed by atoms with Crippen LogP contribution in [0.5, 0.6) is 0 Å².